The number of benzene rings is 1. The van der Waals surface area contributed by atoms with E-state index >= 15 is 0 Å². The van der Waals surface area contributed by atoms with Gasteiger partial charge in [-0.2, -0.15) is 0 Å². The van der Waals surface area contributed by atoms with E-state index in [0.717, 1.165) is 27.7 Å². The molecule has 0 fully saturated rings. The second kappa shape index (κ2) is 15.3. The maximum Gasteiger partial charge on any atom is 0.303 e. The molecule has 4 N–H and O–H groups in total. The van der Waals surface area contributed by atoms with Crippen LogP contribution in [-0.4, -0.2) is 60.9 Å². The number of esters is 4. The normalized spacial score (nSPS) is 11.9. The van der Waals surface area contributed by atoms with Crippen LogP contribution in [0, 0.1) is 10.7 Å². The molecule has 1 aromatic rings. The number of hydrogen-bond acceptors (Lipinski definition) is 12. The molecule has 0 heterocycles. The fourth-order valence-corrected chi connectivity index (χ4v) is 6.62. The number of hydrogen-bond donors (Lipinski definition) is 3. The predicted molar refractivity (Wildman–Crippen MR) is 154 cm³/mol. The molecule has 2 unspecified atom stereocenters. The van der Waals surface area contributed by atoms with Crippen molar-refractivity contribution in [3.8, 4) is 0 Å². The summed E-state index contributed by atoms with van der Waals surface area (Å²) in [4.78, 5) is 83.6. The van der Waals surface area contributed by atoms with Crippen LogP contribution in [0.3, 0.4) is 0 Å². The Bertz CT molecular complexity index is 1170. The summed E-state index contributed by atoms with van der Waals surface area (Å²) >= 11 is 5.46. The highest BCUT2D eigenvalue weighted by Crippen LogP contribution is 2.41. The van der Waals surface area contributed by atoms with Gasteiger partial charge in [0.2, 0.25) is 12.2 Å². The lowest BCUT2D eigenvalue weighted by Gasteiger charge is -2.24. The van der Waals surface area contributed by atoms with Crippen molar-refractivity contribution in [3.63, 3.8) is 0 Å². The molecule has 38 heavy (non-hydrogen) atoms. The maximum absolute atomic E-state index is 13.2. The van der Waals surface area contributed by atoms with Crippen molar-refractivity contribution in [3.05, 3.63) is 16.3 Å². The Morgan fingerprint density at radius 3 is 1.82 bits per heavy atom. The minimum atomic E-state index is -1.75. The van der Waals surface area contributed by atoms with Crippen LogP contribution in [0.2, 0.25) is 0 Å². The Hall–Kier alpha value is -2.30. The number of amides is 3. The number of carbonyl (C=O) groups excluding carboxylic acids is 7. The van der Waals surface area contributed by atoms with Gasteiger partial charge in [0.25, 0.3) is 17.7 Å². The maximum atomic E-state index is 13.2. The van der Waals surface area contributed by atoms with Crippen molar-refractivity contribution in [2.75, 3.05) is 24.3 Å². The molecule has 0 bridgehead atoms. The Labute approximate surface area is 257 Å². The van der Waals surface area contributed by atoms with Gasteiger partial charge in [-0.3, -0.25) is 38.9 Å². The highest BCUT2D eigenvalue weighted by Gasteiger charge is 2.35. The minimum Gasteiger partial charge on any atom is -0.461 e. The third-order valence-electron chi connectivity index (χ3n) is 4.12. The van der Waals surface area contributed by atoms with Gasteiger partial charge in [0.05, 0.1) is 14.9 Å². The first-order valence-corrected chi connectivity index (χ1v) is 13.5. The van der Waals surface area contributed by atoms with Crippen LogP contribution in [-0.2, 0) is 52.5 Å². The molecule has 0 aromatic heterocycles. The highest BCUT2D eigenvalue weighted by molar-refractivity contribution is 14.1. The second-order valence-electron chi connectivity index (χ2n) is 7.22. The Morgan fingerprint density at radius 1 is 0.763 bits per heavy atom. The molecule has 0 saturated heterocycles. The number of imide groups is 1. The van der Waals surface area contributed by atoms with E-state index < -0.39 is 67.0 Å². The van der Waals surface area contributed by atoms with E-state index in [1.807, 2.05) is 50.5 Å². The summed E-state index contributed by atoms with van der Waals surface area (Å²) in [7, 11) is 0. The lowest BCUT2D eigenvalue weighted by Crippen LogP contribution is -2.45. The molecule has 2 atom stereocenters. The highest BCUT2D eigenvalue weighted by atomic mass is 127. The summed E-state index contributed by atoms with van der Waals surface area (Å²) in [5.74, 6) is -6.21. The molecule has 208 valence electrons. The minimum absolute atomic E-state index is 0.0384. The Morgan fingerprint density at radius 2 is 1.32 bits per heavy atom. The van der Waals surface area contributed by atoms with Crippen molar-refractivity contribution < 1.29 is 52.5 Å². The van der Waals surface area contributed by atoms with Crippen LogP contribution >= 0.6 is 67.8 Å². The number of rotatable bonds is 10. The van der Waals surface area contributed by atoms with Gasteiger partial charge in [-0.15, -0.1) is 0 Å². The Balaban J connectivity index is 3.47. The average Bonchev–Trinajstić information content (AvgIpc) is 2.80. The molecule has 0 saturated carbocycles. The van der Waals surface area contributed by atoms with Gasteiger partial charge < -0.3 is 30.0 Å². The van der Waals surface area contributed by atoms with E-state index in [0.29, 0.717) is 3.57 Å². The largest absolute Gasteiger partial charge is 0.461 e. The number of anilines is 2. The van der Waals surface area contributed by atoms with Crippen molar-refractivity contribution >= 4 is 121 Å². The smallest absolute Gasteiger partial charge is 0.303 e. The first-order valence-electron chi connectivity index (χ1n) is 10.3. The van der Waals surface area contributed by atoms with Crippen LogP contribution in [0.5, 0.6) is 0 Å². The molecule has 0 aliphatic carbocycles. The van der Waals surface area contributed by atoms with Crippen molar-refractivity contribution in [1.29, 1.82) is 0 Å². The van der Waals surface area contributed by atoms with Crippen molar-refractivity contribution in [1.82, 2.24) is 5.32 Å². The fourth-order valence-electron chi connectivity index (χ4n) is 2.62. The lowest BCUT2D eigenvalue weighted by atomic mass is 10.1. The molecule has 17 heteroatoms. The fraction of sp³-hybridized carbons (Fsp3) is 0.381. The van der Waals surface area contributed by atoms with Gasteiger partial charge in [0.1, 0.15) is 6.61 Å². The first kappa shape index (κ1) is 33.7. The van der Waals surface area contributed by atoms with Crippen LogP contribution < -0.4 is 16.4 Å². The number of nitrogen functional groups attached to an aromatic ring is 1. The predicted octanol–water partition coefficient (Wildman–Crippen LogP) is 1.33. The molecule has 3 amide bonds. The van der Waals surface area contributed by atoms with Crippen LogP contribution in [0.15, 0.2) is 0 Å². The average molecular weight is 873 g/mol. The summed E-state index contributed by atoms with van der Waals surface area (Å²) in [6.07, 6.45) is -3.42. The number of ether oxygens (including phenoxy) is 4. The molecule has 0 aliphatic rings. The van der Waals surface area contributed by atoms with E-state index in [1.54, 1.807) is 22.6 Å². The van der Waals surface area contributed by atoms with Gasteiger partial charge in [-0.25, -0.2) is 0 Å². The molecule has 14 nitrogen and oxygen atoms in total. The summed E-state index contributed by atoms with van der Waals surface area (Å²) < 4.78 is 20.3. The number of nitrogens with two attached hydrogens (primary N) is 1. The van der Waals surface area contributed by atoms with Crippen LogP contribution in [0.4, 0.5) is 11.4 Å². The number of halogens is 3. The standard InChI is InChI=1S/C21H22I3N3O11/c1-7(28)35-5-11(37-9(3)30)20(33)27-21(34)19(38-10(4)31)13-14(22)17(25)16(24)18(15(13)23)26-12(32)6-36-8(2)29/h11,19H,5-6,25H2,1-4H3,(H,26,32)(H,27,33,34). The van der Waals surface area contributed by atoms with Crippen molar-refractivity contribution in [2.24, 2.45) is 0 Å². The summed E-state index contributed by atoms with van der Waals surface area (Å²) in [6.45, 7) is 2.97. The first-order chi connectivity index (χ1) is 17.6. The molecular formula is C21H22I3N3O11. The zero-order chi connectivity index (χ0) is 29.3. The molecule has 0 radical (unpaired) electrons. The van der Waals surface area contributed by atoms with Gasteiger partial charge >= 0.3 is 23.9 Å². The van der Waals surface area contributed by atoms with Gasteiger partial charge in [-0.05, 0) is 67.8 Å². The topological polar surface area (TPSA) is 206 Å². The Kier molecular flexibility index (Phi) is 13.6. The molecule has 0 spiro atoms. The lowest BCUT2D eigenvalue weighted by molar-refractivity contribution is -0.164. The third kappa shape index (κ3) is 10.1. The molecule has 1 aromatic carbocycles. The number of carbonyl (C=O) groups is 7. The van der Waals surface area contributed by atoms with Crippen LogP contribution in [0.1, 0.15) is 39.4 Å². The molecule has 0 aliphatic heterocycles. The van der Waals surface area contributed by atoms with E-state index in [1.165, 1.54) is 0 Å². The second-order valence-corrected chi connectivity index (χ2v) is 10.5. The van der Waals surface area contributed by atoms with Crippen molar-refractivity contribution in [2.45, 2.75) is 39.9 Å². The SMILES string of the molecule is CC(=O)OCC(=O)Nc1c(I)c(N)c(I)c(C(OC(C)=O)C(=O)NC(=O)C(COC(C)=O)OC(C)=O)c1I. The summed E-state index contributed by atoms with van der Waals surface area (Å²) in [5, 5.41) is 4.51. The van der Waals surface area contributed by atoms with Gasteiger partial charge in [0.15, 0.2) is 6.61 Å². The van der Waals surface area contributed by atoms with E-state index in [4.69, 9.17) is 19.9 Å². The third-order valence-corrected chi connectivity index (χ3v) is 7.53. The van der Waals surface area contributed by atoms with Gasteiger partial charge in [-0.1, -0.05) is 0 Å². The van der Waals surface area contributed by atoms with Gasteiger partial charge in [0, 0.05) is 40.4 Å². The van der Waals surface area contributed by atoms with Crippen LogP contribution in [0.25, 0.3) is 0 Å². The monoisotopic (exact) mass is 873 g/mol. The zero-order valence-corrected chi connectivity index (χ0v) is 26.7. The molecule has 1 rings (SSSR count). The van der Waals surface area contributed by atoms with E-state index in [2.05, 4.69) is 10.1 Å². The summed E-state index contributed by atoms with van der Waals surface area (Å²) in [6, 6.07) is 0. The number of nitrogens with one attached hydrogen (secondary N) is 2. The quantitative estimate of drug-likeness (QED) is 0.132. The summed E-state index contributed by atoms with van der Waals surface area (Å²) in [5.41, 5.74) is 6.49. The zero-order valence-electron chi connectivity index (χ0n) is 20.3. The van der Waals surface area contributed by atoms with E-state index in [-0.39, 0.29) is 24.1 Å². The van der Waals surface area contributed by atoms with E-state index in [9.17, 15) is 33.6 Å². The molecular weight excluding hydrogens is 851 g/mol.